The molecule has 7 nitrogen and oxygen atoms in total. The van der Waals surface area contributed by atoms with E-state index in [-0.39, 0.29) is 18.5 Å². The number of carboxylic acids is 1. The average Bonchev–Trinajstić information content (AvgIpc) is 3.02. The van der Waals surface area contributed by atoms with Gasteiger partial charge in [0.2, 0.25) is 0 Å². The van der Waals surface area contributed by atoms with Crippen LogP contribution in [0.3, 0.4) is 0 Å². The maximum Gasteiger partial charge on any atom is 0.323 e. The van der Waals surface area contributed by atoms with E-state index in [0.717, 1.165) is 5.69 Å². The summed E-state index contributed by atoms with van der Waals surface area (Å²) in [7, 11) is 0. The van der Waals surface area contributed by atoms with Gasteiger partial charge in [0.1, 0.15) is 6.54 Å². The van der Waals surface area contributed by atoms with Crippen LogP contribution < -0.4 is 0 Å². The number of aryl methyl sites for hydroxylation is 1. The first-order valence-electron chi connectivity index (χ1n) is 8.28. The third kappa shape index (κ3) is 3.88. The summed E-state index contributed by atoms with van der Waals surface area (Å²) in [6.45, 7) is 2.52. The fourth-order valence-electron chi connectivity index (χ4n) is 3.05. The summed E-state index contributed by atoms with van der Waals surface area (Å²) in [4.78, 5) is 25.7. The van der Waals surface area contributed by atoms with Crippen LogP contribution in [0.25, 0.3) is 5.69 Å². The van der Waals surface area contributed by atoms with Crippen molar-refractivity contribution in [3.63, 3.8) is 0 Å². The van der Waals surface area contributed by atoms with Crippen LogP contribution in [0.1, 0.15) is 28.9 Å². The lowest BCUT2D eigenvalue weighted by Gasteiger charge is -2.33. The SMILES string of the molecule is Cc1nn(-c2ccccc2)cc1C(=O)N(CC(=O)O)C1CCOCC1. The predicted molar refractivity (Wildman–Crippen MR) is 90.8 cm³/mol. The highest BCUT2D eigenvalue weighted by molar-refractivity contribution is 5.97. The number of aromatic nitrogens is 2. The Bertz CT molecular complexity index is 751. The number of para-hydroxylation sites is 1. The highest BCUT2D eigenvalue weighted by atomic mass is 16.5. The molecular weight excluding hydrogens is 322 g/mol. The van der Waals surface area contributed by atoms with Crippen LogP contribution in [-0.4, -0.2) is 57.5 Å². The minimum Gasteiger partial charge on any atom is -0.480 e. The van der Waals surface area contributed by atoms with E-state index in [1.54, 1.807) is 17.8 Å². The van der Waals surface area contributed by atoms with Crippen LogP contribution in [0, 0.1) is 6.92 Å². The van der Waals surface area contributed by atoms with E-state index in [4.69, 9.17) is 4.74 Å². The molecule has 0 radical (unpaired) electrons. The number of hydrogen-bond acceptors (Lipinski definition) is 4. The molecule has 3 rings (SSSR count). The van der Waals surface area contributed by atoms with E-state index < -0.39 is 5.97 Å². The molecule has 0 saturated carbocycles. The normalized spacial score (nSPS) is 15.1. The highest BCUT2D eigenvalue weighted by Gasteiger charge is 2.30. The molecule has 0 spiro atoms. The zero-order chi connectivity index (χ0) is 17.8. The highest BCUT2D eigenvalue weighted by Crippen LogP contribution is 2.20. The number of rotatable bonds is 5. The number of hydrogen-bond donors (Lipinski definition) is 1. The van der Waals surface area contributed by atoms with Crippen LogP contribution in [0.2, 0.25) is 0 Å². The summed E-state index contributed by atoms with van der Waals surface area (Å²) in [5, 5.41) is 13.6. The van der Waals surface area contributed by atoms with E-state index >= 15 is 0 Å². The summed E-state index contributed by atoms with van der Waals surface area (Å²) in [5.41, 5.74) is 1.85. The lowest BCUT2D eigenvalue weighted by molar-refractivity contribution is -0.138. The number of carbonyl (C=O) groups is 2. The second-order valence-corrected chi connectivity index (χ2v) is 6.08. The average molecular weight is 343 g/mol. The van der Waals surface area contributed by atoms with Gasteiger partial charge in [-0.15, -0.1) is 0 Å². The molecule has 0 unspecified atom stereocenters. The van der Waals surface area contributed by atoms with Crippen LogP contribution in [-0.2, 0) is 9.53 Å². The third-order valence-corrected chi connectivity index (χ3v) is 4.35. The number of aliphatic carboxylic acids is 1. The molecule has 0 bridgehead atoms. The number of amides is 1. The minimum atomic E-state index is -1.02. The van der Waals surface area contributed by atoms with Gasteiger partial charge in [0.15, 0.2) is 0 Å². The fraction of sp³-hybridized carbons (Fsp3) is 0.389. The van der Waals surface area contributed by atoms with Gasteiger partial charge >= 0.3 is 5.97 Å². The molecule has 2 heterocycles. The van der Waals surface area contributed by atoms with E-state index in [0.29, 0.717) is 37.3 Å². The summed E-state index contributed by atoms with van der Waals surface area (Å²) in [6.07, 6.45) is 2.96. The lowest BCUT2D eigenvalue weighted by atomic mass is 10.1. The Morgan fingerprint density at radius 3 is 2.60 bits per heavy atom. The van der Waals surface area contributed by atoms with E-state index in [1.807, 2.05) is 30.3 Å². The molecule has 0 aliphatic carbocycles. The first-order valence-corrected chi connectivity index (χ1v) is 8.28. The van der Waals surface area contributed by atoms with Gasteiger partial charge in [-0.2, -0.15) is 5.10 Å². The molecule has 1 fully saturated rings. The number of carboxylic acid groups (broad SMARTS) is 1. The topological polar surface area (TPSA) is 84.7 Å². The molecule has 1 N–H and O–H groups in total. The summed E-state index contributed by atoms with van der Waals surface area (Å²) < 4.78 is 6.97. The van der Waals surface area contributed by atoms with Crippen LogP contribution in [0.4, 0.5) is 0 Å². The first-order chi connectivity index (χ1) is 12.1. The number of nitrogens with zero attached hydrogens (tertiary/aromatic N) is 3. The van der Waals surface area contributed by atoms with Crippen molar-refractivity contribution < 1.29 is 19.4 Å². The molecule has 7 heteroatoms. The molecule has 0 atom stereocenters. The summed E-state index contributed by atoms with van der Waals surface area (Å²) >= 11 is 0. The molecule has 1 aromatic carbocycles. The van der Waals surface area contributed by atoms with Crippen LogP contribution in [0.5, 0.6) is 0 Å². The fourth-order valence-corrected chi connectivity index (χ4v) is 3.05. The van der Waals surface area contributed by atoms with Crippen molar-refractivity contribution in [2.24, 2.45) is 0 Å². The Labute approximate surface area is 145 Å². The van der Waals surface area contributed by atoms with Gasteiger partial charge in [0.25, 0.3) is 5.91 Å². The van der Waals surface area contributed by atoms with E-state index in [9.17, 15) is 14.7 Å². The van der Waals surface area contributed by atoms with Gasteiger partial charge in [0.05, 0.1) is 16.9 Å². The van der Waals surface area contributed by atoms with Crippen molar-refractivity contribution in [2.45, 2.75) is 25.8 Å². The molecule has 1 aliphatic rings. The van der Waals surface area contributed by atoms with Crippen molar-refractivity contribution in [3.8, 4) is 5.69 Å². The van der Waals surface area contributed by atoms with Crippen molar-refractivity contribution in [1.29, 1.82) is 0 Å². The Hall–Kier alpha value is -2.67. The van der Waals surface area contributed by atoms with Gasteiger partial charge in [-0.25, -0.2) is 4.68 Å². The van der Waals surface area contributed by atoms with Crippen molar-refractivity contribution in [3.05, 3.63) is 47.8 Å². The minimum absolute atomic E-state index is 0.128. The molecule has 1 amide bonds. The van der Waals surface area contributed by atoms with Crippen molar-refractivity contribution in [1.82, 2.24) is 14.7 Å². The smallest absolute Gasteiger partial charge is 0.323 e. The molecule has 1 saturated heterocycles. The Balaban J connectivity index is 1.88. The summed E-state index contributed by atoms with van der Waals surface area (Å²) in [5.74, 6) is -1.32. The van der Waals surface area contributed by atoms with E-state index in [2.05, 4.69) is 5.10 Å². The molecule has 1 aliphatic heterocycles. The molecule has 1 aromatic heterocycles. The Morgan fingerprint density at radius 1 is 1.28 bits per heavy atom. The van der Waals surface area contributed by atoms with Gasteiger partial charge in [-0.1, -0.05) is 18.2 Å². The first kappa shape index (κ1) is 17.2. The maximum atomic E-state index is 13.0. The molecule has 132 valence electrons. The van der Waals surface area contributed by atoms with Gasteiger partial charge in [-0.3, -0.25) is 9.59 Å². The summed E-state index contributed by atoms with van der Waals surface area (Å²) in [6, 6.07) is 9.37. The monoisotopic (exact) mass is 343 g/mol. The Morgan fingerprint density at radius 2 is 1.96 bits per heavy atom. The van der Waals surface area contributed by atoms with Gasteiger partial charge in [0, 0.05) is 25.5 Å². The quantitative estimate of drug-likeness (QED) is 0.896. The lowest BCUT2D eigenvalue weighted by Crippen LogP contribution is -2.46. The van der Waals surface area contributed by atoms with Crippen molar-refractivity contribution in [2.75, 3.05) is 19.8 Å². The van der Waals surface area contributed by atoms with Gasteiger partial charge < -0.3 is 14.7 Å². The Kier molecular flexibility index (Phi) is 5.14. The number of ether oxygens (including phenoxy) is 1. The van der Waals surface area contributed by atoms with Gasteiger partial charge in [-0.05, 0) is 31.9 Å². The second-order valence-electron chi connectivity index (χ2n) is 6.08. The van der Waals surface area contributed by atoms with Crippen LogP contribution >= 0.6 is 0 Å². The predicted octanol–water partition coefficient (Wildman–Crippen LogP) is 1.89. The third-order valence-electron chi connectivity index (χ3n) is 4.35. The molecular formula is C18H21N3O4. The molecule has 2 aromatic rings. The van der Waals surface area contributed by atoms with E-state index in [1.165, 1.54) is 4.90 Å². The number of carbonyl (C=O) groups excluding carboxylic acids is 1. The zero-order valence-corrected chi connectivity index (χ0v) is 14.1. The maximum absolute atomic E-state index is 13.0. The van der Waals surface area contributed by atoms with Crippen LogP contribution in [0.15, 0.2) is 36.5 Å². The largest absolute Gasteiger partial charge is 0.480 e. The zero-order valence-electron chi connectivity index (χ0n) is 14.1. The van der Waals surface area contributed by atoms with Crippen molar-refractivity contribution >= 4 is 11.9 Å². The second kappa shape index (κ2) is 7.48. The molecule has 25 heavy (non-hydrogen) atoms. The number of benzene rings is 1. The standard InChI is InChI=1S/C18H21N3O4/c1-13-16(11-21(19-13)15-5-3-2-4-6-15)18(24)20(12-17(22)23)14-7-9-25-10-8-14/h2-6,11,14H,7-10,12H2,1H3,(H,22,23).